The zero-order valence-electron chi connectivity index (χ0n) is 35.9. The second-order valence-electron chi connectivity index (χ2n) is 19.6. The van der Waals surface area contributed by atoms with Gasteiger partial charge in [-0.1, -0.05) is 147 Å². The first-order valence-corrected chi connectivity index (χ1v) is 20.9. The van der Waals surface area contributed by atoms with Crippen LogP contribution in [0.25, 0.3) is 66.1 Å². The minimum absolute atomic E-state index is 0.0492. The van der Waals surface area contributed by atoms with Gasteiger partial charge < -0.3 is 4.90 Å². The molecule has 58 heavy (non-hydrogen) atoms. The molecule has 0 saturated heterocycles. The second kappa shape index (κ2) is 13.6. The van der Waals surface area contributed by atoms with Crippen molar-refractivity contribution in [1.29, 1.82) is 0 Å². The molecule has 0 fully saturated rings. The number of fused-ring (bicyclic) bond motifs is 6. The van der Waals surface area contributed by atoms with E-state index in [2.05, 4.69) is 226 Å². The lowest BCUT2D eigenvalue weighted by atomic mass is 9.77. The molecule has 9 rings (SSSR count). The van der Waals surface area contributed by atoms with Gasteiger partial charge in [-0.05, 0) is 178 Å². The largest absolute Gasteiger partial charge is 0.310 e. The molecule has 0 radical (unpaired) electrons. The number of nitrogens with zero attached hydrogens (tertiary/aromatic N) is 1. The topological polar surface area (TPSA) is 3.24 Å². The predicted molar refractivity (Wildman–Crippen MR) is 252 cm³/mol. The third kappa shape index (κ3) is 6.71. The lowest BCUT2D eigenvalue weighted by Crippen LogP contribution is -2.15. The van der Waals surface area contributed by atoms with Gasteiger partial charge in [0, 0.05) is 17.1 Å². The van der Waals surface area contributed by atoms with Gasteiger partial charge in [0.2, 0.25) is 0 Å². The Morgan fingerprint density at radius 2 is 0.759 bits per heavy atom. The molecule has 0 aliphatic heterocycles. The lowest BCUT2D eigenvalue weighted by Gasteiger charge is -2.30. The monoisotopic (exact) mass is 753 g/mol. The van der Waals surface area contributed by atoms with Crippen LogP contribution in [0.2, 0.25) is 0 Å². The van der Waals surface area contributed by atoms with Crippen molar-refractivity contribution in [2.75, 3.05) is 4.90 Å². The van der Waals surface area contributed by atoms with Crippen molar-refractivity contribution in [1.82, 2.24) is 0 Å². The summed E-state index contributed by atoms with van der Waals surface area (Å²) in [6.07, 6.45) is 0. The van der Waals surface area contributed by atoms with Crippen LogP contribution in [0.5, 0.6) is 0 Å². The van der Waals surface area contributed by atoms with Gasteiger partial charge in [-0.25, -0.2) is 0 Å². The summed E-state index contributed by atoms with van der Waals surface area (Å²) >= 11 is 0. The van der Waals surface area contributed by atoms with Crippen LogP contribution in [0, 0.1) is 6.92 Å². The predicted octanol–water partition coefficient (Wildman–Crippen LogP) is 16.6. The van der Waals surface area contributed by atoms with E-state index in [4.69, 9.17) is 0 Å². The van der Waals surface area contributed by atoms with E-state index in [1.54, 1.807) is 0 Å². The van der Waals surface area contributed by atoms with Gasteiger partial charge in [-0.2, -0.15) is 0 Å². The number of benzene rings is 8. The number of rotatable bonds is 5. The molecule has 0 bridgehead atoms. The number of hydrogen-bond acceptors (Lipinski definition) is 1. The Morgan fingerprint density at radius 3 is 1.24 bits per heavy atom. The van der Waals surface area contributed by atoms with Gasteiger partial charge in [0.15, 0.2) is 0 Å². The number of hydrogen-bond donors (Lipinski definition) is 0. The van der Waals surface area contributed by atoms with Crippen molar-refractivity contribution in [3.8, 4) is 44.5 Å². The highest BCUT2D eigenvalue weighted by Gasteiger charge is 2.26. The maximum absolute atomic E-state index is 2.43. The standard InChI is InChI=1S/C57H55N/c1-36-14-11-12-17-54(36)58(46-16-13-15-45(35-46)57(8,9)10)47-27-22-39-29-50-51(32-40(39)28-47)53-34-42-31-49(38-20-25-44(26-21-38)56(5,6)7)48(30-41(42)33-52(50)53)37-18-23-43(24-19-37)55(2,3)4/h11-35H,1-10H3. The molecule has 0 heterocycles. The summed E-state index contributed by atoms with van der Waals surface area (Å²) in [4.78, 5) is 2.43. The van der Waals surface area contributed by atoms with Crippen molar-refractivity contribution in [3.63, 3.8) is 0 Å². The Balaban J connectivity index is 1.16. The van der Waals surface area contributed by atoms with Crippen molar-refractivity contribution in [3.05, 3.63) is 174 Å². The first-order valence-electron chi connectivity index (χ1n) is 20.9. The van der Waals surface area contributed by atoms with E-state index in [9.17, 15) is 0 Å². The van der Waals surface area contributed by atoms with Crippen LogP contribution in [0.3, 0.4) is 0 Å². The summed E-state index contributed by atoms with van der Waals surface area (Å²) in [5, 5.41) is 5.06. The smallest absolute Gasteiger partial charge is 0.0490 e. The zero-order valence-corrected chi connectivity index (χ0v) is 35.9. The van der Waals surface area contributed by atoms with Crippen LogP contribution in [0.1, 0.15) is 84.6 Å². The van der Waals surface area contributed by atoms with E-state index in [-0.39, 0.29) is 16.2 Å². The van der Waals surface area contributed by atoms with Crippen LogP contribution in [-0.2, 0) is 16.2 Å². The van der Waals surface area contributed by atoms with E-state index in [1.165, 1.54) is 99.7 Å². The van der Waals surface area contributed by atoms with Crippen LogP contribution >= 0.6 is 0 Å². The molecule has 0 atom stereocenters. The molecular weight excluding hydrogens is 699 g/mol. The quantitative estimate of drug-likeness (QED) is 0.169. The number of aryl methyl sites for hydroxylation is 1. The van der Waals surface area contributed by atoms with Gasteiger partial charge >= 0.3 is 0 Å². The van der Waals surface area contributed by atoms with Crippen LogP contribution in [0.15, 0.2) is 152 Å². The van der Waals surface area contributed by atoms with E-state index >= 15 is 0 Å². The summed E-state index contributed by atoms with van der Waals surface area (Å²) in [5.41, 5.74) is 19.4. The molecule has 0 N–H and O–H groups in total. The van der Waals surface area contributed by atoms with Gasteiger partial charge in [-0.15, -0.1) is 0 Å². The molecule has 288 valence electrons. The molecular formula is C57H55N. The maximum Gasteiger partial charge on any atom is 0.0490 e. The molecule has 8 aromatic rings. The summed E-state index contributed by atoms with van der Waals surface area (Å²) in [7, 11) is 0. The minimum atomic E-state index is 0.0492. The summed E-state index contributed by atoms with van der Waals surface area (Å²) < 4.78 is 0. The van der Waals surface area contributed by atoms with E-state index in [0.717, 1.165) is 5.69 Å². The SMILES string of the molecule is Cc1ccccc1N(c1cccc(C(C)(C)C)c1)c1ccc2cc3c(cc2c1)-c1cc2cc(-c4ccc(C(C)(C)C)cc4)c(-c4ccc(C(C)(C)C)cc4)cc2cc1-3. The van der Waals surface area contributed by atoms with E-state index in [1.807, 2.05) is 0 Å². The Labute approximate surface area is 346 Å². The molecule has 1 heteroatoms. The average Bonchev–Trinajstić information content (AvgIpc) is 3.19. The lowest BCUT2D eigenvalue weighted by molar-refractivity contribution is 0.590. The average molecular weight is 754 g/mol. The third-order valence-corrected chi connectivity index (χ3v) is 12.4. The maximum atomic E-state index is 2.43. The molecule has 0 unspecified atom stereocenters. The summed E-state index contributed by atoms with van der Waals surface area (Å²) in [6, 6.07) is 57.7. The first-order chi connectivity index (χ1) is 27.5. The molecule has 1 nitrogen and oxygen atoms in total. The fourth-order valence-corrected chi connectivity index (χ4v) is 8.73. The third-order valence-electron chi connectivity index (χ3n) is 12.4. The van der Waals surface area contributed by atoms with E-state index in [0.29, 0.717) is 0 Å². The molecule has 8 aromatic carbocycles. The van der Waals surface area contributed by atoms with Crippen LogP contribution in [-0.4, -0.2) is 0 Å². The minimum Gasteiger partial charge on any atom is -0.310 e. The van der Waals surface area contributed by atoms with Crippen molar-refractivity contribution in [2.45, 2.75) is 85.5 Å². The van der Waals surface area contributed by atoms with Crippen LogP contribution in [0.4, 0.5) is 17.1 Å². The fraction of sp³-hybridized carbons (Fsp3) is 0.228. The molecule has 1 aliphatic rings. The molecule has 0 saturated carbocycles. The highest BCUT2D eigenvalue weighted by atomic mass is 15.1. The Morgan fingerprint density at radius 1 is 0.328 bits per heavy atom. The second-order valence-corrected chi connectivity index (χ2v) is 19.6. The Bertz CT molecular complexity index is 2870. The van der Waals surface area contributed by atoms with Gasteiger partial charge in [-0.3, -0.25) is 0 Å². The summed E-state index contributed by atoms with van der Waals surface area (Å²) in [5.74, 6) is 0. The van der Waals surface area contributed by atoms with Crippen LogP contribution < -0.4 is 4.90 Å². The van der Waals surface area contributed by atoms with Crippen molar-refractivity contribution in [2.24, 2.45) is 0 Å². The van der Waals surface area contributed by atoms with Crippen molar-refractivity contribution < 1.29 is 0 Å². The Kier molecular flexibility index (Phi) is 8.82. The number of anilines is 3. The zero-order chi connectivity index (χ0) is 40.7. The van der Waals surface area contributed by atoms with Gasteiger partial charge in [0.05, 0.1) is 0 Å². The summed E-state index contributed by atoms with van der Waals surface area (Å²) in [6.45, 7) is 22.8. The highest BCUT2D eigenvalue weighted by Crippen LogP contribution is 2.52. The first kappa shape index (κ1) is 37.6. The normalized spacial score (nSPS) is 12.7. The van der Waals surface area contributed by atoms with E-state index < -0.39 is 0 Å². The molecule has 0 spiro atoms. The molecule has 1 aliphatic carbocycles. The number of para-hydroxylation sites is 1. The Hall–Kier alpha value is -5.92. The fourth-order valence-electron chi connectivity index (χ4n) is 8.73. The van der Waals surface area contributed by atoms with Gasteiger partial charge in [0.25, 0.3) is 0 Å². The molecule has 0 aromatic heterocycles. The highest BCUT2D eigenvalue weighted by molar-refractivity contribution is 6.13. The molecule has 0 amide bonds. The van der Waals surface area contributed by atoms with Crippen molar-refractivity contribution >= 4 is 38.6 Å². The van der Waals surface area contributed by atoms with Gasteiger partial charge in [0.1, 0.15) is 0 Å².